The lowest BCUT2D eigenvalue weighted by Crippen LogP contribution is -2.49. The van der Waals surface area contributed by atoms with Gasteiger partial charge < -0.3 is 15.2 Å². The average molecular weight is 391 g/mol. The maximum Gasteiger partial charge on any atom is 0.321 e. The highest BCUT2D eigenvalue weighted by Gasteiger charge is 2.22. The zero-order chi connectivity index (χ0) is 20.2. The SMILES string of the molecule is CCc1ccc(NC(=O)N2CCN(Cc3nc4ccccc4c(=O)[nH]3)CC2)cc1. The van der Waals surface area contributed by atoms with Crippen molar-refractivity contribution < 1.29 is 4.79 Å². The van der Waals surface area contributed by atoms with Crippen molar-refractivity contribution in [3.05, 3.63) is 70.3 Å². The van der Waals surface area contributed by atoms with Gasteiger partial charge in [0.05, 0.1) is 17.4 Å². The van der Waals surface area contributed by atoms with Crippen molar-refractivity contribution in [3.63, 3.8) is 0 Å². The van der Waals surface area contributed by atoms with Crippen molar-refractivity contribution in [2.45, 2.75) is 19.9 Å². The number of amides is 2. The fourth-order valence-electron chi connectivity index (χ4n) is 3.56. The number of carbonyl (C=O) groups is 1. The number of urea groups is 1. The lowest BCUT2D eigenvalue weighted by molar-refractivity contribution is 0.141. The third kappa shape index (κ3) is 4.46. The Morgan fingerprint density at radius 1 is 1.07 bits per heavy atom. The number of hydrogen-bond acceptors (Lipinski definition) is 4. The molecule has 0 radical (unpaired) electrons. The highest BCUT2D eigenvalue weighted by Crippen LogP contribution is 2.13. The van der Waals surface area contributed by atoms with Gasteiger partial charge in [0.15, 0.2) is 0 Å². The van der Waals surface area contributed by atoms with Crippen molar-refractivity contribution in [1.82, 2.24) is 19.8 Å². The molecule has 0 unspecified atom stereocenters. The summed E-state index contributed by atoms with van der Waals surface area (Å²) in [6.45, 7) is 5.41. The Morgan fingerprint density at radius 2 is 1.79 bits per heavy atom. The third-order valence-corrected chi connectivity index (χ3v) is 5.31. The maximum atomic E-state index is 12.5. The highest BCUT2D eigenvalue weighted by molar-refractivity contribution is 5.89. The number of carbonyl (C=O) groups excluding carboxylic acids is 1. The number of rotatable bonds is 4. The molecule has 0 aliphatic carbocycles. The van der Waals surface area contributed by atoms with Gasteiger partial charge in [-0.05, 0) is 36.2 Å². The first-order valence-electron chi connectivity index (χ1n) is 9.97. The van der Waals surface area contributed by atoms with Crippen LogP contribution < -0.4 is 10.9 Å². The summed E-state index contributed by atoms with van der Waals surface area (Å²) in [6.07, 6.45) is 0.980. The number of aromatic nitrogens is 2. The summed E-state index contributed by atoms with van der Waals surface area (Å²) in [7, 11) is 0. The van der Waals surface area contributed by atoms with E-state index in [1.165, 1.54) is 5.56 Å². The molecule has 1 aromatic heterocycles. The summed E-state index contributed by atoms with van der Waals surface area (Å²) in [5.41, 5.74) is 2.65. The molecule has 2 heterocycles. The molecule has 29 heavy (non-hydrogen) atoms. The monoisotopic (exact) mass is 391 g/mol. The molecule has 1 aliphatic heterocycles. The molecule has 3 aromatic rings. The predicted molar refractivity (Wildman–Crippen MR) is 114 cm³/mol. The normalized spacial score (nSPS) is 14.9. The van der Waals surface area contributed by atoms with Gasteiger partial charge in [-0.25, -0.2) is 9.78 Å². The Kier molecular flexibility index (Phi) is 5.57. The van der Waals surface area contributed by atoms with Gasteiger partial charge in [0, 0.05) is 31.9 Å². The van der Waals surface area contributed by atoms with E-state index in [1.54, 1.807) is 6.07 Å². The van der Waals surface area contributed by atoms with Crippen molar-refractivity contribution >= 4 is 22.6 Å². The highest BCUT2D eigenvalue weighted by atomic mass is 16.2. The number of fused-ring (bicyclic) bond motifs is 1. The number of aryl methyl sites for hydroxylation is 1. The van der Waals surface area contributed by atoms with E-state index >= 15 is 0 Å². The number of anilines is 1. The van der Waals surface area contributed by atoms with Crippen LogP contribution >= 0.6 is 0 Å². The summed E-state index contributed by atoms with van der Waals surface area (Å²) in [5, 5.41) is 3.57. The number of hydrogen-bond donors (Lipinski definition) is 2. The number of para-hydroxylation sites is 1. The van der Waals surface area contributed by atoms with E-state index in [0.29, 0.717) is 36.4 Å². The minimum Gasteiger partial charge on any atom is -0.322 e. The molecule has 7 heteroatoms. The van der Waals surface area contributed by atoms with Crippen molar-refractivity contribution in [3.8, 4) is 0 Å². The molecule has 150 valence electrons. The van der Waals surface area contributed by atoms with Gasteiger partial charge in [-0.15, -0.1) is 0 Å². The first kappa shape index (κ1) is 19.1. The second-order valence-electron chi connectivity index (χ2n) is 7.27. The summed E-state index contributed by atoms with van der Waals surface area (Å²) >= 11 is 0. The van der Waals surface area contributed by atoms with Crippen LogP contribution in [0.3, 0.4) is 0 Å². The minimum atomic E-state index is -0.113. The van der Waals surface area contributed by atoms with Crippen LogP contribution in [0.15, 0.2) is 53.3 Å². The molecule has 2 N–H and O–H groups in total. The molecule has 0 atom stereocenters. The Bertz CT molecular complexity index is 1050. The van der Waals surface area contributed by atoms with E-state index in [1.807, 2.05) is 47.4 Å². The van der Waals surface area contributed by atoms with Gasteiger partial charge in [-0.3, -0.25) is 9.69 Å². The maximum absolute atomic E-state index is 12.5. The standard InChI is InChI=1S/C22H25N5O2/c1-2-16-7-9-17(10-8-16)23-22(29)27-13-11-26(12-14-27)15-20-24-19-6-4-3-5-18(19)21(28)25-20/h3-10H,2,11-15H2,1H3,(H,23,29)(H,24,25,28). The van der Waals surface area contributed by atoms with Crippen molar-refractivity contribution in [2.75, 3.05) is 31.5 Å². The fraction of sp³-hybridized carbons (Fsp3) is 0.318. The number of nitrogens with one attached hydrogen (secondary N) is 2. The predicted octanol–water partition coefficient (Wildman–Crippen LogP) is 2.84. The first-order chi connectivity index (χ1) is 14.1. The molecule has 1 aliphatic rings. The summed E-state index contributed by atoms with van der Waals surface area (Å²) < 4.78 is 0. The van der Waals surface area contributed by atoms with Gasteiger partial charge in [0.25, 0.3) is 5.56 Å². The molecule has 2 amide bonds. The number of benzene rings is 2. The van der Waals surface area contributed by atoms with E-state index in [2.05, 4.69) is 27.1 Å². The van der Waals surface area contributed by atoms with Gasteiger partial charge in [0.2, 0.25) is 0 Å². The van der Waals surface area contributed by atoms with Crippen molar-refractivity contribution in [1.29, 1.82) is 0 Å². The Labute approximate surface area is 169 Å². The third-order valence-electron chi connectivity index (χ3n) is 5.31. The zero-order valence-corrected chi connectivity index (χ0v) is 16.5. The largest absolute Gasteiger partial charge is 0.322 e. The van der Waals surface area contributed by atoms with E-state index in [9.17, 15) is 9.59 Å². The lowest BCUT2D eigenvalue weighted by Gasteiger charge is -2.34. The molecular weight excluding hydrogens is 366 g/mol. The minimum absolute atomic E-state index is 0.0777. The van der Waals surface area contributed by atoms with Gasteiger partial charge in [0.1, 0.15) is 5.82 Å². The van der Waals surface area contributed by atoms with Crippen LogP contribution in [0, 0.1) is 0 Å². The Morgan fingerprint density at radius 3 is 2.52 bits per heavy atom. The van der Waals surface area contributed by atoms with Gasteiger partial charge in [-0.1, -0.05) is 31.2 Å². The van der Waals surface area contributed by atoms with Crippen LogP contribution in [0.4, 0.5) is 10.5 Å². The van der Waals surface area contributed by atoms with Crippen LogP contribution in [0.2, 0.25) is 0 Å². The van der Waals surface area contributed by atoms with Crippen LogP contribution in [-0.4, -0.2) is 52.0 Å². The molecule has 4 rings (SSSR count). The zero-order valence-electron chi connectivity index (χ0n) is 16.5. The fourth-order valence-corrected chi connectivity index (χ4v) is 3.56. The van der Waals surface area contributed by atoms with Gasteiger partial charge >= 0.3 is 6.03 Å². The molecule has 0 spiro atoms. The summed E-state index contributed by atoms with van der Waals surface area (Å²) in [4.78, 5) is 36.2. The summed E-state index contributed by atoms with van der Waals surface area (Å²) in [6, 6.07) is 15.2. The van der Waals surface area contributed by atoms with Crippen LogP contribution in [0.5, 0.6) is 0 Å². The molecule has 0 saturated carbocycles. The Hall–Kier alpha value is -3.19. The molecule has 0 bridgehead atoms. The molecular formula is C22H25N5O2. The molecule has 2 aromatic carbocycles. The molecule has 1 saturated heterocycles. The topological polar surface area (TPSA) is 81.3 Å². The number of piperazine rings is 1. The van der Waals surface area contributed by atoms with E-state index < -0.39 is 0 Å². The number of H-pyrrole nitrogens is 1. The molecule has 7 nitrogen and oxygen atoms in total. The first-order valence-corrected chi connectivity index (χ1v) is 9.97. The van der Waals surface area contributed by atoms with E-state index in [0.717, 1.165) is 25.2 Å². The van der Waals surface area contributed by atoms with Crippen LogP contribution in [-0.2, 0) is 13.0 Å². The van der Waals surface area contributed by atoms with Crippen molar-refractivity contribution in [2.24, 2.45) is 0 Å². The Balaban J connectivity index is 1.33. The second kappa shape index (κ2) is 8.45. The molecule has 1 fully saturated rings. The quantitative estimate of drug-likeness (QED) is 0.717. The van der Waals surface area contributed by atoms with E-state index in [-0.39, 0.29) is 11.6 Å². The average Bonchev–Trinajstić information content (AvgIpc) is 2.75. The van der Waals surface area contributed by atoms with E-state index in [4.69, 9.17) is 0 Å². The van der Waals surface area contributed by atoms with Gasteiger partial charge in [-0.2, -0.15) is 0 Å². The number of aromatic amines is 1. The smallest absolute Gasteiger partial charge is 0.321 e. The van der Waals surface area contributed by atoms with Crippen LogP contribution in [0.25, 0.3) is 10.9 Å². The summed E-state index contributed by atoms with van der Waals surface area (Å²) in [5.74, 6) is 0.655. The van der Waals surface area contributed by atoms with Crippen LogP contribution in [0.1, 0.15) is 18.3 Å². The lowest BCUT2D eigenvalue weighted by atomic mass is 10.1. The number of nitrogens with zero attached hydrogens (tertiary/aromatic N) is 3. The second-order valence-corrected chi connectivity index (χ2v) is 7.27.